The summed E-state index contributed by atoms with van der Waals surface area (Å²) < 4.78 is 0. The highest BCUT2D eigenvalue weighted by molar-refractivity contribution is 6.33. The zero-order valence-electron chi connectivity index (χ0n) is 10.1. The number of rotatable bonds is 5. The minimum absolute atomic E-state index is 0.279. The molecule has 1 aromatic carbocycles. The Labute approximate surface area is 108 Å². The highest BCUT2D eigenvalue weighted by atomic mass is 35.5. The van der Waals surface area contributed by atoms with Gasteiger partial charge in [-0.25, -0.2) is 0 Å². The third-order valence-electron chi connectivity index (χ3n) is 2.93. The fourth-order valence-corrected chi connectivity index (χ4v) is 2.24. The van der Waals surface area contributed by atoms with Crippen molar-refractivity contribution in [3.8, 4) is 0 Å². The molecule has 0 saturated heterocycles. The van der Waals surface area contributed by atoms with E-state index in [0.717, 1.165) is 28.6 Å². The molecule has 2 atom stereocenters. The van der Waals surface area contributed by atoms with Gasteiger partial charge in [0, 0.05) is 16.1 Å². The maximum absolute atomic E-state index is 6.23. The van der Waals surface area contributed by atoms with E-state index in [1.165, 1.54) is 0 Å². The zero-order chi connectivity index (χ0) is 12.1. The Bertz CT molecular complexity index is 339. The summed E-state index contributed by atoms with van der Waals surface area (Å²) in [5, 5.41) is 5.00. The molecular formula is C13H19Cl2N. The predicted octanol–water partition coefficient (Wildman–Crippen LogP) is 4.69. The van der Waals surface area contributed by atoms with E-state index in [1.807, 2.05) is 18.2 Å². The first-order valence-electron chi connectivity index (χ1n) is 5.78. The Balaban J connectivity index is 3.04. The minimum atomic E-state index is 0.279. The van der Waals surface area contributed by atoms with Crippen molar-refractivity contribution in [2.75, 3.05) is 6.54 Å². The zero-order valence-corrected chi connectivity index (χ0v) is 11.6. The van der Waals surface area contributed by atoms with Crippen molar-refractivity contribution >= 4 is 23.2 Å². The molecule has 2 unspecified atom stereocenters. The van der Waals surface area contributed by atoms with Crippen molar-refractivity contribution in [3.63, 3.8) is 0 Å². The van der Waals surface area contributed by atoms with E-state index in [-0.39, 0.29) is 6.04 Å². The SMILES string of the molecule is CCNC(c1cc(Cl)ccc1Cl)C(C)CC. The van der Waals surface area contributed by atoms with Gasteiger partial charge in [0.15, 0.2) is 0 Å². The number of hydrogen-bond acceptors (Lipinski definition) is 1. The molecule has 0 radical (unpaired) electrons. The Kier molecular flexibility index (Phi) is 5.60. The molecule has 90 valence electrons. The fraction of sp³-hybridized carbons (Fsp3) is 0.538. The van der Waals surface area contributed by atoms with Crippen LogP contribution in [0.2, 0.25) is 10.0 Å². The third kappa shape index (κ3) is 3.38. The summed E-state index contributed by atoms with van der Waals surface area (Å²) in [5.41, 5.74) is 1.10. The van der Waals surface area contributed by atoms with Gasteiger partial charge in [0.1, 0.15) is 0 Å². The summed E-state index contributed by atoms with van der Waals surface area (Å²) in [6.45, 7) is 7.45. The molecule has 1 rings (SSSR count). The largest absolute Gasteiger partial charge is 0.310 e. The van der Waals surface area contributed by atoms with Crippen molar-refractivity contribution in [1.29, 1.82) is 0 Å². The molecule has 1 N–H and O–H groups in total. The lowest BCUT2D eigenvalue weighted by atomic mass is 9.92. The molecule has 0 spiro atoms. The fourth-order valence-electron chi connectivity index (χ4n) is 1.83. The van der Waals surface area contributed by atoms with Crippen LogP contribution in [-0.2, 0) is 0 Å². The van der Waals surface area contributed by atoms with Gasteiger partial charge in [-0.1, -0.05) is 50.4 Å². The smallest absolute Gasteiger partial charge is 0.0454 e. The number of hydrogen-bond donors (Lipinski definition) is 1. The molecule has 0 aliphatic rings. The van der Waals surface area contributed by atoms with Gasteiger partial charge in [-0.3, -0.25) is 0 Å². The van der Waals surface area contributed by atoms with E-state index in [4.69, 9.17) is 23.2 Å². The van der Waals surface area contributed by atoms with Gasteiger partial charge in [-0.15, -0.1) is 0 Å². The summed E-state index contributed by atoms with van der Waals surface area (Å²) in [6.07, 6.45) is 1.11. The molecule has 0 aliphatic heterocycles. The van der Waals surface area contributed by atoms with Crippen LogP contribution >= 0.6 is 23.2 Å². The average Bonchev–Trinajstić information content (AvgIpc) is 2.28. The first-order valence-corrected chi connectivity index (χ1v) is 6.54. The Morgan fingerprint density at radius 2 is 1.94 bits per heavy atom. The lowest BCUT2D eigenvalue weighted by molar-refractivity contribution is 0.384. The highest BCUT2D eigenvalue weighted by Gasteiger charge is 2.19. The quantitative estimate of drug-likeness (QED) is 0.809. The lowest BCUT2D eigenvalue weighted by Crippen LogP contribution is -2.26. The van der Waals surface area contributed by atoms with E-state index in [0.29, 0.717) is 5.92 Å². The molecule has 0 aromatic heterocycles. The van der Waals surface area contributed by atoms with E-state index in [2.05, 4.69) is 26.1 Å². The van der Waals surface area contributed by atoms with Crippen LogP contribution in [0.25, 0.3) is 0 Å². The summed E-state index contributed by atoms with van der Waals surface area (Å²) in [5.74, 6) is 0.538. The van der Waals surface area contributed by atoms with Crippen LogP contribution in [0, 0.1) is 5.92 Å². The van der Waals surface area contributed by atoms with Crippen molar-refractivity contribution in [2.24, 2.45) is 5.92 Å². The molecule has 1 aromatic rings. The van der Waals surface area contributed by atoms with Crippen LogP contribution in [-0.4, -0.2) is 6.54 Å². The topological polar surface area (TPSA) is 12.0 Å². The maximum atomic E-state index is 6.23. The van der Waals surface area contributed by atoms with E-state index in [1.54, 1.807) is 0 Å². The number of halogens is 2. The van der Waals surface area contributed by atoms with Crippen molar-refractivity contribution in [1.82, 2.24) is 5.32 Å². The molecule has 0 amide bonds. The van der Waals surface area contributed by atoms with Crippen molar-refractivity contribution < 1.29 is 0 Å². The first kappa shape index (κ1) is 13.8. The van der Waals surface area contributed by atoms with Crippen LogP contribution in [0.5, 0.6) is 0 Å². The molecule has 1 nitrogen and oxygen atoms in total. The monoisotopic (exact) mass is 259 g/mol. The summed E-state index contributed by atoms with van der Waals surface area (Å²) in [6, 6.07) is 5.93. The molecule has 0 heterocycles. The average molecular weight is 260 g/mol. The first-order chi connectivity index (χ1) is 7.60. The minimum Gasteiger partial charge on any atom is -0.310 e. The molecule has 3 heteroatoms. The normalized spacial score (nSPS) is 14.8. The van der Waals surface area contributed by atoms with Crippen LogP contribution in [0.3, 0.4) is 0 Å². The standard InChI is InChI=1S/C13H19Cl2N/c1-4-9(3)13(16-5-2)11-8-10(14)6-7-12(11)15/h6-9,13,16H,4-5H2,1-3H3. The van der Waals surface area contributed by atoms with Gasteiger partial charge in [-0.05, 0) is 36.2 Å². The maximum Gasteiger partial charge on any atom is 0.0454 e. The molecule has 16 heavy (non-hydrogen) atoms. The Hall–Kier alpha value is -0.240. The van der Waals surface area contributed by atoms with Gasteiger partial charge < -0.3 is 5.32 Å². The van der Waals surface area contributed by atoms with E-state index in [9.17, 15) is 0 Å². The summed E-state index contributed by atoms with van der Waals surface area (Å²) in [7, 11) is 0. The molecular weight excluding hydrogens is 241 g/mol. The second-order valence-corrected chi connectivity index (χ2v) is 4.93. The molecule has 0 aliphatic carbocycles. The second-order valence-electron chi connectivity index (χ2n) is 4.09. The summed E-state index contributed by atoms with van der Waals surface area (Å²) >= 11 is 12.3. The predicted molar refractivity (Wildman–Crippen MR) is 72.3 cm³/mol. The van der Waals surface area contributed by atoms with Gasteiger partial charge in [0.25, 0.3) is 0 Å². The molecule has 0 fully saturated rings. The van der Waals surface area contributed by atoms with Crippen LogP contribution in [0.4, 0.5) is 0 Å². The van der Waals surface area contributed by atoms with Gasteiger partial charge >= 0.3 is 0 Å². The molecule has 0 bridgehead atoms. The van der Waals surface area contributed by atoms with Crippen LogP contribution in [0.1, 0.15) is 38.8 Å². The number of nitrogens with one attached hydrogen (secondary N) is 1. The van der Waals surface area contributed by atoms with Gasteiger partial charge in [0.05, 0.1) is 0 Å². The second kappa shape index (κ2) is 6.48. The lowest BCUT2D eigenvalue weighted by Gasteiger charge is -2.25. The van der Waals surface area contributed by atoms with E-state index >= 15 is 0 Å². The molecule has 0 saturated carbocycles. The van der Waals surface area contributed by atoms with Crippen LogP contribution < -0.4 is 5.32 Å². The van der Waals surface area contributed by atoms with Crippen molar-refractivity contribution in [2.45, 2.75) is 33.2 Å². The van der Waals surface area contributed by atoms with Gasteiger partial charge in [-0.2, -0.15) is 0 Å². The Morgan fingerprint density at radius 3 is 2.50 bits per heavy atom. The number of benzene rings is 1. The third-order valence-corrected chi connectivity index (χ3v) is 3.51. The Morgan fingerprint density at radius 1 is 1.25 bits per heavy atom. The summed E-state index contributed by atoms with van der Waals surface area (Å²) in [4.78, 5) is 0. The van der Waals surface area contributed by atoms with Crippen LogP contribution in [0.15, 0.2) is 18.2 Å². The van der Waals surface area contributed by atoms with E-state index < -0.39 is 0 Å². The van der Waals surface area contributed by atoms with Crippen molar-refractivity contribution in [3.05, 3.63) is 33.8 Å². The highest BCUT2D eigenvalue weighted by Crippen LogP contribution is 2.31. The van der Waals surface area contributed by atoms with Gasteiger partial charge in [0.2, 0.25) is 0 Å².